The lowest BCUT2D eigenvalue weighted by Crippen LogP contribution is -2.61. The van der Waals surface area contributed by atoms with E-state index in [-0.39, 0.29) is 50.3 Å². The molecule has 105 heavy (non-hydrogen) atoms. The zero-order chi connectivity index (χ0) is 81.5. The van der Waals surface area contributed by atoms with Crippen molar-refractivity contribution in [1.29, 1.82) is 0 Å². The molecule has 498 valence electrons. The van der Waals surface area contributed by atoms with E-state index in [4.69, 9.17) is 4.11 Å². The van der Waals surface area contributed by atoms with Crippen LogP contribution in [0.4, 0.5) is 34.1 Å². The van der Waals surface area contributed by atoms with Crippen LogP contribution in [-0.2, 0) is 10.8 Å². The molecule has 0 unspecified atom stereocenters. The van der Waals surface area contributed by atoms with Gasteiger partial charge in [-0.3, -0.25) is 0 Å². The summed E-state index contributed by atoms with van der Waals surface area (Å²) in [7, 11) is 0. The summed E-state index contributed by atoms with van der Waals surface area (Å²) in [5.41, 5.74) is 17.8. The van der Waals surface area contributed by atoms with E-state index >= 15 is 0 Å². The Balaban J connectivity index is 0.944. The zero-order valence-corrected chi connectivity index (χ0v) is 59.9. The highest BCUT2D eigenvalue weighted by atomic mass is 32.1. The highest BCUT2D eigenvalue weighted by molar-refractivity contribution is 7.27. The molecule has 19 aromatic rings. The Morgan fingerprint density at radius 2 is 0.800 bits per heavy atom. The molecule has 2 aliphatic rings. The molecule has 15 aromatic carbocycles. The summed E-state index contributed by atoms with van der Waals surface area (Å²) in [6.45, 7) is 12.7. The van der Waals surface area contributed by atoms with Crippen LogP contribution in [0.5, 0.6) is 0 Å². The summed E-state index contributed by atoms with van der Waals surface area (Å²) in [6, 6.07) is 78.8. The molecule has 0 radical (unpaired) electrons. The molecular formula is C98H71BN4S2. The first-order chi connectivity index (χ1) is 56.7. The molecule has 2 aliphatic heterocycles. The highest BCUT2D eigenvalue weighted by Crippen LogP contribution is 2.54. The van der Waals surface area contributed by atoms with E-state index in [0.717, 1.165) is 119 Å². The normalized spacial score (nSPS) is 14.7. The molecule has 21 rings (SSSR count). The predicted molar refractivity (Wildman–Crippen MR) is 454 cm³/mol. The lowest BCUT2D eigenvalue weighted by molar-refractivity contribution is 0.590. The lowest BCUT2D eigenvalue weighted by Gasteiger charge is -2.45. The van der Waals surface area contributed by atoms with Crippen molar-refractivity contribution in [2.75, 3.05) is 9.80 Å². The number of hydrogen-bond donors (Lipinski definition) is 0. The summed E-state index contributed by atoms with van der Waals surface area (Å²) in [6.07, 6.45) is 0. The summed E-state index contributed by atoms with van der Waals surface area (Å²) in [4.78, 5) is 4.53. The molecule has 0 atom stereocenters. The first kappa shape index (κ1) is 49.6. The fourth-order valence-corrected chi connectivity index (χ4v) is 19.3. The van der Waals surface area contributed by atoms with Gasteiger partial charge >= 0.3 is 0 Å². The van der Waals surface area contributed by atoms with Crippen LogP contribution in [-0.4, -0.2) is 15.8 Å². The highest BCUT2D eigenvalue weighted by Gasteiger charge is 2.45. The number of rotatable bonds is 8. The second-order valence-electron chi connectivity index (χ2n) is 29.8. The molecule has 6 heterocycles. The summed E-state index contributed by atoms with van der Waals surface area (Å²) in [5.74, 6) is 0. The van der Waals surface area contributed by atoms with Crippen LogP contribution >= 0.6 is 22.7 Å². The van der Waals surface area contributed by atoms with Crippen LogP contribution in [0.25, 0.3) is 140 Å². The second kappa shape index (κ2) is 23.3. The molecule has 0 spiro atoms. The Morgan fingerprint density at radius 3 is 1.46 bits per heavy atom. The average Bonchev–Trinajstić information content (AvgIpc) is 1.17. The molecule has 0 saturated heterocycles. The number of anilines is 6. The Morgan fingerprint density at radius 1 is 0.295 bits per heavy atom. The Bertz CT molecular complexity index is 7490. The molecule has 0 amide bonds. The Hall–Kier alpha value is -12.0. The van der Waals surface area contributed by atoms with Gasteiger partial charge in [0.25, 0.3) is 6.71 Å². The second-order valence-corrected chi connectivity index (χ2v) is 31.9. The van der Waals surface area contributed by atoms with Crippen molar-refractivity contribution in [2.24, 2.45) is 0 Å². The summed E-state index contributed by atoms with van der Waals surface area (Å²) < 4.78 is 132. The van der Waals surface area contributed by atoms with Gasteiger partial charge in [-0.05, 0) is 157 Å². The fraction of sp³-hybridized carbons (Fsp3) is 0.0816. The van der Waals surface area contributed by atoms with E-state index in [1.807, 2.05) is 66.7 Å². The smallest absolute Gasteiger partial charge is 0.252 e. The molecule has 7 heteroatoms. The SMILES string of the molecule is [2H]c1c([2H])c([2H])c(-c2ccc3c(c2)N(c2cccc4c2sc2c(-c5cccc6c5sc5ccccc56)cccc24)c2cc(-n4c5c([2H])c([2H])c([2H])c([2H])c5c5c([2H])c([2H])c([2H])c([2H])c54)cc4c2B3c2ccc(-n3c5ccc(C(C)(C)C)cc5c5cc(C(C)(C)C)ccc53)cc2N4c2ccc(-c3ccccc3)cc2-c2ccccc2)c([2H])c1[2H]. The fourth-order valence-electron chi connectivity index (χ4n) is 16.8. The zero-order valence-electron chi connectivity index (χ0n) is 71.3. The average molecular weight is 1390 g/mol. The minimum absolute atomic E-state index is 0.00494. The van der Waals surface area contributed by atoms with Gasteiger partial charge in [0.15, 0.2) is 0 Å². The van der Waals surface area contributed by atoms with Gasteiger partial charge in [0.2, 0.25) is 0 Å². The maximum atomic E-state index is 10.1. The van der Waals surface area contributed by atoms with Crippen molar-refractivity contribution in [3.05, 3.63) is 332 Å². The van der Waals surface area contributed by atoms with Crippen molar-refractivity contribution >= 4 is 164 Å². The largest absolute Gasteiger partial charge is 0.311 e. The number of para-hydroxylation sites is 2. The van der Waals surface area contributed by atoms with Gasteiger partial charge in [0.05, 0.1) is 61.6 Å². The van der Waals surface area contributed by atoms with E-state index in [0.29, 0.717) is 34.0 Å². The van der Waals surface area contributed by atoms with E-state index < -0.39 is 73.2 Å². The first-order valence-electron chi connectivity index (χ1n) is 42.1. The van der Waals surface area contributed by atoms with Gasteiger partial charge in [0, 0.05) is 102 Å². The van der Waals surface area contributed by atoms with Crippen LogP contribution in [0.1, 0.15) is 70.5 Å². The van der Waals surface area contributed by atoms with Crippen LogP contribution in [0.15, 0.2) is 321 Å². The third-order valence-corrected chi connectivity index (χ3v) is 24.2. The number of fused-ring (bicyclic) bond motifs is 16. The van der Waals surface area contributed by atoms with Gasteiger partial charge in [-0.25, -0.2) is 0 Å². The topological polar surface area (TPSA) is 16.3 Å². The van der Waals surface area contributed by atoms with Crippen LogP contribution < -0.4 is 26.2 Å². The molecular weight excluding hydrogens is 1310 g/mol. The number of hydrogen-bond acceptors (Lipinski definition) is 4. The molecule has 0 bridgehead atoms. The number of aromatic nitrogens is 2. The Kier molecular flexibility index (Phi) is 11.0. The molecule has 4 aromatic heterocycles. The number of nitrogens with zero attached hydrogens (tertiary/aromatic N) is 4. The van der Waals surface area contributed by atoms with E-state index in [2.05, 4.69) is 232 Å². The number of benzene rings is 15. The molecule has 0 fully saturated rings. The summed E-state index contributed by atoms with van der Waals surface area (Å²) >= 11 is 3.43. The third-order valence-electron chi connectivity index (χ3n) is 21.7. The molecule has 0 aliphatic carbocycles. The number of thiophene rings is 2. The molecule has 4 nitrogen and oxygen atoms in total. The maximum Gasteiger partial charge on any atom is 0.252 e. The lowest BCUT2D eigenvalue weighted by atomic mass is 9.33. The minimum Gasteiger partial charge on any atom is -0.311 e. The van der Waals surface area contributed by atoms with Gasteiger partial charge in [-0.15, -0.1) is 22.7 Å². The quantitative estimate of drug-likeness (QED) is 0.141. The van der Waals surface area contributed by atoms with Crippen LogP contribution in [0, 0.1) is 0 Å². The van der Waals surface area contributed by atoms with E-state index in [1.54, 1.807) is 27.2 Å². The van der Waals surface area contributed by atoms with Crippen LogP contribution in [0.2, 0.25) is 0 Å². The maximum absolute atomic E-state index is 10.1. The van der Waals surface area contributed by atoms with Crippen molar-refractivity contribution in [2.45, 2.75) is 52.4 Å². The van der Waals surface area contributed by atoms with Crippen molar-refractivity contribution < 1.29 is 17.8 Å². The minimum atomic E-state index is -0.687. The Labute approximate surface area is 637 Å². The van der Waals surface area contributed by atoms with Crippen molar-refractivity contribution in [1.82, 2.24) is 9.13 Å². The predicted octanol–water partition coefficient (Wildman–Crippen LogP) is 26.0. The van der Waals surface area contributed by atoms with Gasteiger partial charge < -0.3 is 18.9 Å². The monoisotopic (exact) mass is 1390 g/mol. The summed E-state index contributed by atoms with van der Waals surface area (Å²) in [5, 5.41) is 6.35. The van der Waals surface area contributed by atoms with Gasteiger partial charge in [-0.1, -0.05) is 272 Å². The van der Waals surface area contributed by atoms with E-state index in [1.165, 1.54) is 21.2 Å². The third kappa shape index (κ3) is 9.51. The standard InChI is InChI=1S/C98H71BN4S2/c1-97(2,3)65-45-51-85-78(55-65)79-56-66(98(4,5)6)46-52-86(79)100(85)67-47-49-81-89(57-67)102(84-50-44-63(60-25-10-7-11-26-60)53-77(84)62-29-14-9-15-30-62)90-58-68(101-82-39-19-16-31-69(82)70-32-17-20-40-83(70)101)59-91-93(90)99(81)80-48-43-64(61-27-12-8-13-28-61)54-88(80)103(91)87-41-24-38-76-75-37-23-36-74(95(75)105-96(76)87)73-35-22-34-72-71-33-18-21-42-92(71)104-94(72)73/h7-59H,1-6H3/i8D,12D,13D,16D,17D,19D,20D,27D,28D,31D,32D,39D,40D. The van der Waals surface area contributed by atoms with Crippen molar-refractivity contribution in [3.63, 3.8) is 0 Å². The van der Waals surface area contributed by atoms with E-state index in [9.17, 15) is 13.7 Å². The van der Waals surface area contributed by atoms with Gasteiger partial charge in [-0.2, -0.15) is 0 Å². The molecule has 0 N–H and O–H groups in total. The van der Waals surface area contributed by atoms with Crippen LogP contribution in [0.3, 0.4) is 0 Å². The van der Waals surface area contributed by atoms with Crippen molar-refractivity contribution in [3.8, 4) is 55.9 Å². The molecule has 0 saturated carbocycles. The van der Waals surface area contributed by atoms with Gasteiger partial charge in [0.1, 0.15) is 0 Å². The first-order valence-corrected chi connectivity index (χ1v) is 37.2.